The maximum Gasteiger partial charge on any atom is 0.313 e. The van der Waals surface area contributed by atoms with Gasteiger partial charge in [0, 0.05) is 17.0 Å². The number of rotatable bonds is 6. The highest BCUT2D eigenvalue weighted by Crippen LogP contribution is 2.32. The Labute approximate surface area is 108 Å². The van der Waals surface area contributed by atoms with Gasteiger partial charge in [0.05, 0.1) is 16.8 Å². The lowest BCUT2D eigenvalue weighted by Gasteiger charge is -2.10. The molecule has 6 nitrogen and oxygen atoms in total. The lowest BCUT2D eigenvalue weighted by Crippen LogP contribution is -2.07. The first-order valence-electron chi connectivity index (χ1n) is 5.20. The Morgan fingerprint density at radius 2 is 2.22 bits per heavy atom. The number of carboxylic acid groups (broad SMARTS) is 1. The first-order chi connectivity index (χ1) is 8.40. The van der Waals surface area contributed by atoms with Crippen LogP contribution in [0.3, 0.4) is 0 Å². The Bertz CT molecular complexity index is 461. The number of hydrogen-bond donors (Lipinski definition) is 1. The van der Waals surface area contributed by atoms with Gasteiger partial charge >= 0.3 is 11.7 Å². The van der Waals surface area contributed by atoms with Gasteiger partial charge in [0.2, 0.25) is 0 Å². The van der Waals surface area contributed by atoms with E-state index in [4.69, 9.17) is 9.84 Å². The van der Waals surface area contributed by atoms with Crippen molar-refractivity contribution in [3.8, 4) is 5.75 Å². The van der Waals surface area contributed by atoms with Crippen LogP contribution in [-0.4, -0.2) is 27.9 Å². The molecule has 0 bridgehead atoms. The number of nitrogens with zero attached hydrogens (tertiary/aromatic N) is 1. The van der Waals surface area contributed by atoms with Gasteiger partial charge in [0.15, 0.2) is 5.75 Å². The second-order valence-corrected chi connectivity index (χ2v) is 4.78. The molecule has 0 heterocycles. The minimum absolute atomic E-state index is 0.0983. The van der Waals surface area contributed by atoms with Gasteiger partial charge in [-0.15, -0.1) is 11.8 Å². The predicted octanol–water partition coefficient (Wildman–Crippen LogP) is 2.56. The van der Waals surface area contributed by atoms with E-state index < -0.39 is 10.9 Å². The number of nitro benzene ring substituents is 1. The fraction of sp³-hybridized carbons (Fsp3) is 0.364. The maximum absolute atomic E-state index is 10.8. The molecule has 1 rings (SSSR count). The van der Waals surface area contributed by atoms with Crippen molar-refractivity contribution in [3.63, 3.8) is 0 Å². The Kier molecular flexibility index (Phi) is 4.96. The van der Waals surface area contributed by atoms with E-state index in [1.807, 2.05) is 0 Å². The summed E-state index contributed by atoms with van der Waals surface area (Å²) >= 11 is 1.09. The molecule has 7 heteroatoms. The molecule has 0 atom stereocenters. The minimum Gasteiger partial charge on any atom is -0.484 e. The summed E-state index contributed by atoms with van der Waals surface area (Å²) in [6.45, 7) is 3.53. The van der Waals surface area contributed by atoms with Crippen molar-refractivity contribution >= 4 is 23.4 Å². The molecule has 98 valence electrons. The standard InChI is InChI=1S/C11H13NO5S/c1-7(2)17-10-5-8(18-6-11(13)14)3-4-9(10)12(15)16/h3-5,7H,6H2,1-2H3,(H,13,14). The fourth-order valence-electron chi connectivity index (χ4n) is 1.23. The first kappa shape index (κ1) is 14.3. The van der Waals surface area contributed by atoms with Crippen LogP contribution in [0.15, 0.2) is 23.1 Å². The molecule has 18 heavy (non-hydrogen) atoms. The second kappa shape index (κ2) is 6.25. The lowest BCUT2D eigenvalue weighted by atomic mass is 10.3. The molecule has 0 radical (unpaired) electrons. The third-order valence-corrected chi connectivity index (χ3v) is 2.83. The van der Waals surface area contributed by atoms with Crippen LogP contribution in [0.2, 0.25) is 0 Å². The zero-order valence-electron chi connectivity index (χ0n) is 9.95. The molecule has 0 amide bonds. The quantitative estimate of drug-likeness (QED) is 0.486. The van der Waals surface area contributed by atoms with Crippen LogP contribution < -0.4 is 4.74 Å². The summed E-state index contributed by atoms with van der Waals surface area (Å²) in [6.07, 6.45) is -0.191. The van der Waals surface area contributed by atoms with Crippen molar-refractivity contribution in [2.45, 2.75) is 24.8 Å². The van der Waals surface area contributed by atoms with Crippen LogP contribution in [0.25, 0.3) is 0 Å². The Hall–Kier alpha value is -1.76. The van der Waals surface area contributed by atoms with Gasteiger partial charge in [-0.05, 0) is 19.9 Å². The molecule has 0 unspecified atom stereocenters. The summed E-state index contributed by atoms with van der Waals surface area (Å²) in [7, 11) is 0. The van der Waals surface area contributed by atoms with E-state index >= 15 is 0 Å². The molecule has 0 saturated carbocycles. The second-order valence-electron chi connectivity index (χ2n) is 3.74. The molecule has 0 aliphatic carbocycles. The topological polar surface area (TPSA) is 89.7 Å². The van der Waals surface area contributed by atoms with Gasteiger partial charge in [-0.1, -0.05) is 0 Å². The van der Waals surface area contributed by atoms with E-state index in [2.05, 4.69) is 0 Å². The lowest BCUT2D eigenvalue weighted by molar-refractivity contribution is -0.386. The zero-order chi connectivity index (χ0) is 13.7. The van der Waals surface area contributed by atoms with Crippen molar-refractivity contribution in [1.29, 1.82) is 0 Å². The summed E-state index contributed by atoms with van der Waals surface area (Å²) in [6, 6.07) is 4.33. The predicted molar refractivity (Wildman–Crippen MR) is 67.2 cm³/mol. The number of ether oxygens (including phenoxy) is 1. The summed E-state index contributed by atoms with van der Waals surface area (Å²) in [5.74, 6) is -0.881. The van der Waals surface area contributed by atoms with E-state index in [0.29, 0.717) is 4.90 Å². The maximum atomic E-state index is 10.8. The summed E-state index contributed by atoms with van der Waals surface area (Å²) in [5.41, 5.74) is -0.122. The van der Waals surface area contributed by atoms with E-state index in [1.54, 1.807) is 13.8 Å². The number of aliphatic carboxylic acids is 1. The van der Waals surface area contributed by atoms with E-state index in [1.165, 1.54) is 18.2 Å². The number of carboxylic acids is 1. The van der Waals surface area contributed by atoms with E-state index in [9.17, 15) is 14.9 Å². The number of carbonyl (C=O) groups is 1. The smallest absolute Gasteiger partial charge is 0.313 e. The number of benzene rings is 1. The number of nitro groups is 1. The van der Waals surface area contributed by atoms with Gasteiger partial charge in [-0.2, -0.15) is 0 Å². The van der Waals surface area contributed by atoms with E-state index in [-0.39, 0.29) is 23.3 Å². The molecular weight excluding hydrogens is 258 g/mol. The summed E-state index contributed by atoms with van der Waals surface area (Å²) in [5, 5.41) is 19.4. The highest BCUT2D eigenvalue weighted by Gasteiger charge is 2.17. The van der Waals surface area contributed by atoms with Crippen molar-refractivity contribution in [1.82, 2.24) is 0 Å². The highest BCUT2D eigenvalue weighted by atomic mass is 32.2. The van der Waals surface area contributed by atoms with Gasteiger partial charge < -0.3 is 9.84 Å². The van der Waals surface area contributed by atoms with Gasteiger partial charge in [0.1, 0.15) is 0 Å². The average Bonchev–Trinajstić information content (AvgIpc) is 2.25. The molecule has 0 fully saturated rings. The number of hydrogen-bond acceptors (Lipinski definition) is 5. The van der Waals surface area contributed by atoms with Crippen LogP contribution in [0.1, 0.15) is 13.8 Å². The molecule has 0 saturated heterocycles. The Morgan fingerprint density at radius 1 is 1.56 bits per heavy atom. The monoisotopic (exact) mass is 271 g/mol. The van der Waals surface area contributed by atoms with Crippen LogP contribution in [0.5, 0.6) is 5.75 Å². The van der Waals surface area contributed by atoms with Crippen LogP contribution in [0.4, 0.5) is 5.69 Å². The van der Waals surface area contributed by atoms with Crippen molar-refractivity contribution < 1.29 is 19.6 Å². The molecule has 0 aliphatic heterocycles. The van der Waals surface area contributed by atoms with Gasteiger partial charge in [-0.3, -0.25) is 14.9 Å². The molecule has 0 aromatic heterocycles. The summed E-state index contributed by atoms with van der Waals surface area (Å²) in [4.78, 5) is 21.4. The molecule has 1 N–H and O–H groups in total. The normalized spacial score (nSPS) is 10.4. The summed E-state index contributed by atoms with van der Waals surface area (Å²) < 4.78 is 5.35. The Balaban J connectivity index is 2.97. The third kappa shape index (κ3) is 4.25. The fourth-order valence-corrected chi connectivity index (χ4v) is 1.87. The van der Waals surface area contributed by atoms with Crippen molar-refractivity contribution in [2.24, 2.45) is 0 Å². The zero-order valence-corrected chi connectivity index (χ0v) is 10.8. The van der Waals surface area contributed by atoms with Crippen molar-refractivity contribution in [2.75, 3.05) is 5.75 Å². The molecule has 0 spiro atoms. The average molecular weight is 271 g/mol. The molecule has 1 aromatic rings. The van der Waals surface area contributed by atoms with Gasteiger partial charge in [0.25, 0.3) is 0 Å². The van der Waals surface area contributed by atoms with Gasteiger partial charge in [-0.25, -0.2) is 0 Å². The van der Waals surface area contributed by atoms with Crippen molar-refractivity contribution in [3.05, 3.63) is 28.3 Å². The first-order valence-corrected chi connectivity index (χ1v) is 6.18. The highest BCUT2D eigenvalue weighted by molar-refractivity contribution is 8.00. The molecule has 1 aromatic carbocycles. The minimum atomic E-state index is -0.940. The third-order valence-electron chi connectivity index (χ3n) is 1.85. The number of thioether (sulfide) groups is 1. The van der Waals surface area contributed by atoms with E-state index in [0.717, 1.165) is 11.8 Å². The van der Waals surface area contributed by atoms with Crippen LogP contribution in [-0.2, 0) is 4.79 Å². The van der Waals surface area contributed by atoms with Crippen LogP contribution in [0, 0.1) is 10.1 Å². The largest absolute Gasteiger partial charge is 0.484 e. The van der Waals surface area contributed by atoms with Crippen LogP contribution >= 0.6 is 11.8 Å². The molecular formula is C11H13NO5S. The SMILES string of the molecule is CC(C)Oc1cc(SCC(=O)O)ccc1[N+](=O)[O-]. The molecule has 0 aliphatic rings. The Morgan fingerprint density at radius 3 is 2.72 bits per heavy atom.